The third-order valence-electron chi connectivity index (χ3n) is 3.73. The highest BCUT2D eigenvalue weighted by atomic mass is 79.9. The van der Waals surface area contributed by atoms with Gasteiger partial charge in [0, 0.05) is 46.2 Å². The Morgan fingerprint density at radius 3 is 2.85 bits per heavy atom. The summed E-state index contributed by atoms with van der Waals surface area (Å²) in [6.45, 7) is 0. The summed E-state index contributed by atoms with van der Waals surface area (Å²) in [7, 11) is 1.97. The first-order valence-corrected chi connectivity index (χ1v) is 10.5. The molecule has 0 aliphatic rings. The molecule has 4 aromatic rings. The van der Waals surface area contributed by atoms with E-state index >= 15 is 0 Å². The normalized spacial score (nSPS) is 11.0. The molecule has 0 spiro atoms. The quantitative estimate of drug-likeness (QED) is 0.403. The first kappa shape index (κ1) is 17.4. The first-order chi connectivity index (χ1) is 12.7. The Kier molecular flexibility index (Phi) is 5.14. The average Bonchev–Trinajstić information content (AvgIpc) is 3.28. The minimum Gasteiger partial charge on any atom is -0.305 e. The molecule has 0 fully saturated rings. The molecule has 4 rings (SSSR count). The van der Waals surface area contributed by atoms with Gasteiger partial charge in [-0.1, -0.05) is 39.8 Å². The van der Waals surface area contributed by atoms with Crippen molar-refractivity contribution in [1.82, 2.24) is 24.7 Å². The van der Waals surface area contributed by atoms with Crippen molar-refractivity contribution in [2.45, 2.75) is 10.9 Å². The van der Waals surface area contributed by atoms with Crippen LogP contribution in [0, 0.1) is 0 Å². The standard InChI is InChI=1S/C18H14BrN5S2/c1-24-16(13-5-3-7-20-9-13)22-23-18(24)26-11-15-10-25-17(21-15)12-4-2-6-14(19)8-12/h2-10H,11H2,1H3. The maximum Gasteiger partial charge on any atom is 0.191 e. The summed E-state index contributed by atoms with van der Waals surface area (Å²) in [5.41, 5.74) is 3.12. The second kappa shape index (κ2) is 7.69. The van der Waals surface area contributed by atoms with E-state index in [1.807, 2.05) is 35.9 Å². The van der Waals surface area contributed by atoms with E-state index in [9.17, 15) is 0 Å². The Labute approximate surface area is 167 Å². The summed E-state index contributed by atoms with van der Waals surface area (Å²) >= 11 is 6.79. The van der Waals surface area contributed by atoms with Crippen LogP contribution in [0.4, 0.5) is 0 Å². The summed E-state index contributed by atoms with van der Waals surface area (Å²) in [6, 6.07) is 12.1. The number of aromatic nitrogens is 5. The van der Waals surface area contributed by atoms with Crippen LogP contribution in [-0.4, -0.2) is 24.7 Å². The molecule has 26 heavy (non-hydrogen) atoms. The smallest absolute Gasteiger partial charge is 0.191 e. The van der Waals surface area contributed by atoms with Gasteiger partial charge in [-0.15, -0.1) is 21.5 Å². The van der Waals surface area contributed by atoms with Gasteiger partial charge in [-0.05, 0) is 24.3 Å². The Bertz CT molecular complexity index is 1030. The molecule has 5 nitrogen and oxygen atoms in total. The van der Waals surface area contributed by atoms with Crippen molar-refractivity contribution in [2.24, 2.45) is 7.05 Å². The first-order valence-electron chi connectivity index (χ1n) is 7.83. The molecule has 3 aromatic heterocycles. The van der Waals surface area contributed by atoms with E-state index in [0.717, 1.165) is 43.0 Å². The molecule has 0 saturated carbocycles. The van der Waals surface area contributed by atoms with Gasteiger partial charge >= 0.3 is 0 Å². The van der Waals surface area contributed by atoms with E-state index in [1.165, 1.54) is 0 Å². The molecular formula is C18H14BrN5S2. The van der Waals surface area contributed by atoms with Gasteiger partial charge in [0.1, 0.15) is 5.01 Å². The lowest BCUT2D eigenvalue weighted by Crippen LogP contribution is -1.95. The number of thiazole rings is 1. The number of halogens is 1. The number of hydrogen-bond acceptors (Lipinski definition) is 6. The van der Waals surface area contributed by atoms with Crippen LogP contribution in [0.2, 0.25) is 0 Å². The van der Waals surface area contributed by atoms with Crippen molar-refractivity contribution >= 4 is 39.0 Å². The highest BCUT2D eigenvalue weighted by Gasteiger charge is 2.12. The number of pyridine rings is 1. The van der Waals surface area contributed by atoms with Crippen LogP contribution < -0.4 is 0 Å². The zero-order valence-electron chi connectivity index (χ0n) is 13.8. The summed E-state index contributed by atoms with van der Waals surface area (Å²) < 4.78 is 3.05. The zero-order chi connectivity index (χ0) is 17.9. The van der Waals surface area contributed by atoms with E-state index in [0.29, 0.717) is 0 Å². The van der Waals surface area contributed by atoms with Gasteiger partial charge in [0.2, 0.25) is 0 Å². The van der Waals surface area contributed by atoms with E-state index in [2.05, 4.69) is 48.6 Å². The van der Waals surface area contributed by atoms with Crippen LogP contribution in [0.3, 0.4) is 0 Å². The number of hydrogen-bond donors (Lipinski definition) is 0. The Morgan fingerprint density at radius 1 is 1.15 bits per heavy atom. The van der Waals surface area contributed by atoms with Gasteiger partial charge in [0.15, 0.2) is 11.0 Å². The molecule has 0 N–H and O–H groups in total. The highest BCUT2D eigenvalue weighted by Crippen LogP contribution is 2.29. The van der Waals surface area contributed by atoms with Crippen LogP contribution >= 0.6 is 39.0 Å². The van der Waals surface area contributed by atoms with E-state index in [-0.39, 0.29) is 0 Å². The minimum atomic E-state index is 0.753. The molecule has 130 valence electrons. The third-order valence-corrected chi connectivity index (χ3v) is 6.21. The molecule has 0 bridgehead atoms. The van der Waals surface area contributed by atoms with Crippen molar-refractivity contribution in [3.63, 3.8) is 0 Å². The largest absolute Gasteiger partial charge is 0.305 e. The molecule has 0 amide bonds. The van der Waals surface area contributed by atoms with Crippen LogP contribution in [0.5, 0.6) is 0 Å². The summed E-state index contributed by atoms with van der Waals surface area (Å²) in [6.07, 6.45) is 3.55. The zero-order valence-corrected chi connectivity index (χ0v) is 17.1. The number of thioether (sulfide) groups is 1. The summed E-state index contributed by atoms with van der Waals surface area (Å²) in [5.74, 6) is 1.57. The summed E-state index contributed by atoms with van der Waals surface area (Å²) in [4.78, 5) is 8.88. The lowest BCUT2D eigenvalue weighted by Gasteiger charge is -2.02. The SMILES string of the molecule is Cn1c(SCc2csc(-c3cccc(Br)c3)n2)nnc1-c1cccnc1. The predicted octanol–water partition coefficient (Wildman–Crippen LogP) is 5.06. The predicted molar refractivity (Wildman–Crippen MR) is 109 cm³/mol. The monoisotopic (exact) mass is 443 g/mol. The number of rotatable bonds is 5. The third kappa shape index (κ3) is 3.72. The second-order valence-corrected chi connectivity index (χ2v) is 8.27. The van der Waals surface area contributed by atoms with Gasteiger partial charge in [-0.25, -0.2) is 4.98 Å². The average molecular weight is 444 g/mol. The van der Waals surface area contributed by atoms with Crippen molar-refractivity contribution in [3.8, 4) is 22.0 Å². The van der Waals surface area contributed by atoms with Crippen LogP contribution in [0.15, 0.2) is 63.8 Å². The van der Waals surface area contributed by atoms with Gasteiger partial charge < -0.3 is 4.57 Å². The molecule has 8 heteroatoms. The van der Waals surface area contributed by atoms with Crippen molar-refractivity contribution in [3.05, 3.63) is 64.3 Å². The van der Waals surface area contributed by atoms with Crippen LogP contribution in [0.25, 0.3) is 22.0 Å². The summed E-state index contributed by atoms with van der Waals surface area (Å²) in [5, 5.41) is 12.6. The molecule has 1 aromatic carbocycles. The molecule has 3 heterocycles. The molecule has 0 radical (unpaired) electrons. The molecular weight excluding hydrogens is 430 g/mol. The van der Waals surface area contributed by atoms with Gasteiger partial charge in [0.05, 0.1) is 5.69 Å². The topological polar surface area (TPSA) is 56.5 Å². The maximum absolute atomic E-state index is 4.74. The number of nitrogens with zero attached hydrogens (tertiary/aromatic N) is 5. The molecule has 0 unspecified atom stereocenters. The fourth-order valence-corrected chi connectivity index (χ4v) is 4.58. The van der Waals surface area contributed by atoms with Gasteiger partial charge in [-0.3, -0.25) is 4.98 Å². The lowest BCUT2D eigenvalue weighted by atomic mass is 10.2. The maximum atomic E-state index is 4.74. The van der Waals surface area contributed by atoms with Gasteiger partial charge in [0.25, 0.3) is 0 Å². The highest BCUT2D eigenvalue weighted by molar-refractivity contribution is 9.10. The van der Waals surface area contributed by atoms with E-state index < -0.39 is 0 Å². The van der Waals surface area contributed by atoms with Crippen molar-refractivity contribution in [1.29, 1.82) is 0 Å². The number of benzene rings is 1. The second-order valence-electron chi connectivity index (χ2n) is 5.55. The molecule has 0 aliphatic heterocycles. The molecule has 0 saturated heterocycles. The van der Waals surface area contributed by atoms with Crippen molar-refractivity contribution in [2.75, 3.05) is 0 Å². The van der Waals surface area contributed by atoms with Crippen LogP contribution in [-0.2, 0) is 12.8 Å². The fourth-order valence-electron chi connectivity index (χ4n) is 2.45. The van der Waals surface area contributed by atoms with E-state index in [1.54, 1.807) is 35.5 Å². The molecule has 0 atom stereocenters. The Balaban J connectivity index is 1.48. The van der Waals surface area contributed by atoms with Crippen LogP contribution in [0.1, 0.15) is 5.69 Å². The lowest BCUT2D eigenvalue weighted by molar-refractivity contribution is 0.793. The fraction of sp³-hybridized carbons (Fsp3) is 0.111. The Morgan fingerprint density at radius 2 is 2.04 bits per heavy atom. The van der Waals surface area contributed by atoms with Crippen molar-refractivity contribution < 1.29 is 0 Å². The van der Waals surface area contributed by atoms with Gasteiger partial charge in [-0.2, -0.15) is 0 Å². The minimum absolute atomic E-state index is 0.753. The Hall–Kier alpha value is -2.03. The van der Waals surface area contributed by atoms with E-state index in [4.69, 9.17) is 4.98 Å². The molecule has 0 aliphatic carbocycles.